The Kier molecular flexibility index (Phi) is 6.81. The number of nitrogens with zero attached hydrogens (tertiary/aromatic N) is 1. The third-order valence-corrected chi connectivity index (χ3v) is 7.60. The van der Waals surface area contributed by atoms with Gasteiger partial charge in [0.15, 0.2) is 9.84 Å². The molecule has 2 aliphatic rings. The number of hydrogen-bond donors (Lipinski definition) is 2. The maximum absolute atomic E-state index is 11.8. The largest absolute Gasteiger partial charge is 0.506 e. The summed E-state index contributed by atoms with van der Waals surface area (Å²) in [4.78, 5) is 2.84. The van der Waals surface area contributed by atoms with Crippen LogP contribution in [0.4, 0.5) is 5.69 Å². The zero-order valence-corrected chi connectivity index (χ0v) is 19.0. The fourth-order valence-electron chi connectivity index (χ4n) is 4.70. The van der Waals surface area contributed by atoms with Gasteiger partial charge >= 0.3 is 0 Å². The van der Waals surface area contributed by atoms with Crippen molar-refractivity contribution in [1.29, 1.82) is 0 Å². The zero-order chi connectivity index (χ0) is 21.2. The van der Waals surface area contributed by atoms with Crippen molar-refractivity contribution in [2.45, 2.75) is 88.0 Å². The molecule has 1 saturated carbocycles. The van der Waals surface area contributed by atoms with Crippen molar-refractivity contribution in [3.8, 4) is 5.75 Å². The number of phenolic OH excluding ortho intramolecular Hbond substituents is 1. The third-order valence-electron chi connectivity index (χ3n) is 6.49. The Morgan fingerprint density at radius 2 is 1.79 bits per heavy atom. The molecule has 0 bridgehead atoms. The summed E-state index contributed by atoms with van der Waals surface area (Å²) in [6, 6.07) is 4.66. The molecule has 1 aromatic carbocycles. The Labute approximate surface area is 175 Å². The standard InChI is InChI=1S/C22H36N2O4S/c1-16(2)28-18-7-11-22(3,12-8-18)24-13-9-17(10-14-24)23-20-15-19(29(4,26)27)5-6-21(20)25/h5-6,15-18,23,25H,7-14H2,1-4H3. The number of aromatic hydroxyl groups is 1. The Morgan fingerprint density at radius 3 is 2.34 bits per heavy atom. The van der Waals surface area contributed by atoms with Crippen molar-refractivity contribution in [3.05, 3.63) is 18.2 Å². The van der Waals surface area contributed by atoms with Gasteiger partial charge in [-0.15, -0.1) is 0 Å². The molecule has 2 fully saturated rings. The predicted octanol–water partition coefficient (Wildman–Crippen LogP) is 3.80. The van der Waals surface area contributed by atoms with Crippen molar-refractivity contribution in [2.24, 2.45) is 0 Å². The van der Waals surface area contributed by atoms with E-state index in [2.05, 4.69) is 31.0 Å². The minimum Gasteiger partial charge on any atom is -0.506 e. The Balaban J connectivity index is 1.55. The first-order valence-corrected chi connectivity index (χ1v) is 12.7. The molecule has 0 unspecified atom stereocenters. The maximum Gasteiger partial charge on any atom is 0.175 e. The molecule has 1 saturated heterocycles. The van der Waals surface area contributed by atoms with Gasteiger partial charge < -0.3 is 15.2 Å². The third kappa shape index (κ3) is 5.64. The number of ether oxygens (including phenoxy) is 1. The smallest absolute Gasteiger partial charge is 0.175 e. The molecular formula is C22H36N2O4S. The number of nitrogens with one attached hydrogen (secondary N) is 1. The van der Waals surface area contributed by atoms with Gasteiger partial charge in [0.2, 0.25) is 0 Å². The Bertz CT molecular complexity index is 793. The van der Waals surface area contributed by atoms with Crippen LogP contribution in [0.3, 0.4) is 0 Å². The lowest BCUT2D eigenvalue weighted by molar-refractivity contribution is -0.0503. The van der Waals surface area contributed by atoms with E-state index in [-0.39, 0.29) is 22.2 Å². The first kappa shape index (κ1) is 22.4. The van der Waals surface area contributed by atoms with E-state index in [1.54, 1.807) is 0 Å². The number of likely N-dealkylation sites (tertiary alicyclic amines) is 1. The van der Waals surface area contributed by atoms with Crippen molar-refractivity contribution in [3.63, 3.8) is 0 Å². The molecule has 2 N–H and O–H groups in total. The van der Waals surface area contributed by atoms with Gasteiger partial charge in [0, 0.05) is 30.9 Å². The van der Waals surface area contributed by atoms with Crippen LogP contribution in [0.15, 0.2) is 23.1 Å². The van der Waals surface area contributed by atoms with Gasteiger partial charge in [-0.1, -0.05) is 0 Å². The summed E-state index contributed by atoms with van der Waals surface area (Å²) in [6.45, 7) is 8.62. The molecule has 1 heterocycles. The second kappa shape index (κ2) is 8.82. The van der Waals surface area contributed by atoms with Gasteiger partial charge in [0.1, 0.15) is 5.75 Å². The minimum atomic E-state index is -3.30. The predicted molar refractivity (Wildman–Crippen MR) is 116 cm³/mol. The fraction of sp³-hybridized carbons (Fsp3) is 0.727. The summed E-state index contributed by atoms with van der Waals surface area (Å²) in [7, 11) is -3.30. The molecule has 3 rings (SSSR count). The van der Waals surface area contributed by atoms with Gasteiger partial charge in [-0.3, -0.25) is 4.90 Å². The quantitative estimate of drug-likeness (QED) is 0.677. The number of piperidine rings is 1. The van der Waals surface area contributed by atoms with Gasteiger partial charge in [-0.25, -0.2) is 8.42 Å². The van der Waals surface area contributed by atoms with Crippen molar-refractivity contribution in [1.82, 2.24) is 4.90 Å². The molecule has 7 heteroatoms. The number of hydrogen-bond acceptors (Lipinski definition) is 6. The maximum atomic E-state index is 11.8. The van der Waals surface area contributed by atoms with E-state index in [1.807, 2.05) is 0 Å². The van der Waals surface area contributed by atoms with Crippen LogP contribution in [0.25, 0.3) is 0 Å². The van der Waals surface area contributed by atoms with E-state index in [4.69, 9.17) is 4.74 Å². The van der Waals surface area contributed by atoms with Crippen LogP contribution in [0.2, 0.25) is 0 Å². The van der Waals surface area contributed by atoms with E-state index in [9.17, 15) is 13.5 Å². The monoisotopic (exact) mass is 424 g/mol. The number of phenols is 1. The molecule has 1 aliphatic carbocycles. The van der Waals surface area contributed by atoms with Crippen molar-refractivity contribution >= 4 is 15.5 Å². The van der Waals surface area contributed by atoms with Gasteiger partial charge in [0.25, 0.3) is 0 Å². The molecule has 6 nitrogen and oxygen atoms in total. The molecule has 0 amide bonds. The molecular weight excluding hydrogens is 388 g/mol. The summed E-state index contributed by atoms with van der Waals surface area (Å²) in [6.07, 6.45) is 8.41. The van der Waals surface area contributed by atoms with Crippen LogP contribution in [0.5, 0.6) is 5.75 Å². The second-order valence-electron chi connectivity index (χ2n) is 9.24. The molecule has 0 aromatic heterocycles. The van der Waals surface area contributed by atoms with E-state index in [0.29, 0.717) is 17.9 Å². The first-order valence-electron chi connectivity index (χ1n) is 10.8. The lowest BCUT2D eigenvalue weighted by atomic mass is 9.79. The molecule has 0 spiro atoms. The van der Waals surface area contributed by atoms with Crippen LogP contribution >= 0.6 is 0 Å². The molecule has 164 valence electrons. The number of benzene rings is 1. The van der Waals surface area contributed by atoms with Crippen LogP contribution in [-0.2, 0) is 14.6 Å². The first-order chi connectivity index (χ1) is 13.6. The molecule has 0 atom stereocenters. The second-order valence-corrected chi connectivity index (χ2v) is 11.3. The highest BCUT2D eigenvalue weighted by atomic mass is 32.2. The van der Waals surface area contributed by atoms with Crippen molar-refractivity contribution in [2.75, 3.05) is 24.7 Å². The summed E-state index contributed by atoms with van der Waals surface area (Å²) in [5.74, 6) is 0.0928. The Hall–Kier alpha value is -1.31. The lowest BCUT2D eigenvalue weighted by Crippen LogP contribution is -2.54. The number of anilines is 1. The molecule has 1 aliphatic heterocycles. The van der Waals surface area contributed by atoms with E-state index < -0.39 is 9.84 Å². The summed E-state index contributed by atoms with van der Waals surface area (Å²) in [5, 5.41) is 13.5. The molecule has 1 aromatic rings. The highest BCUT2D eigenvalue weighted by Gasteiger charge is 2.38. The molecule has 29 heavy (non-hydrogen) atoms. The van der Waals surface area contributed by atoms with Crippen molar-refractivity contribution < 1.29 is 18.3 Å². The van der Waals surface area contributed by atoms with Gasteiger partial charge in [-0.05, 0) is 77.5 Å². The summed E-state index contributed by atoms with van der Waals surface area (Å²) in [5.41, 5.74) is 0.740. The van der Waals surface area contributed by atoms with Gasteiger partial charge in [0.05, 0.1) is 22.8 Å². The SMILES string of the molecule is CC(C)OC1CCC(C)(N2CCC(Nc3cc(S(C)(=O)=O)ccc3O)CC2)CC1. The van der Waals surface area contributed by atoms with Crippen LogP contribution in [-0.4, -0.2) is 61.6 Å². The number of rotatable bonds is 6. The van der Waals surface area contributed by atoms with Crippen LogP contribution < -0.4 is 5.32 Å². The van der Waals surface area contributed by atoms with Gasteiger partial charge in [-0.2, -0.15) is 0 Å². The van der Waals surface area contributed by atoms with Crippen LogP contribution in [0, 0.1) is 0 Å². The average molecular weight is 425 g/mol. The molecule has 0 radical (unpaired) electrons. The minimum absolute atomic E-state index is 0.0928. The zero-order valence-electron chi connectivity index (χ0n) is 18.1. The van der Waals surface area contributed by atoms with E-state index in [1.165, 1.54) is 37.3 Å². The topological polar surface area (TPSA) is 78.9 Å². The normalized spacial score (nSPS) is 27.3. The fourth-order valence-corrected chi connectivity index (χ4v) is 5.34. The average Bonchev–Trinajstić information content (AvgIpc) is 2.65. The number of sulfone groups is 1. The highest BCUT2D eigenvalue weighted by molar-refractivity contribution is 7.90. The highest BCUT2D eigenvalue weighted by Crippen LogP contribution is 2.37. The van der Waals surface area contributed by atoms with E-state index in [0.717, 1.165) is 38.8 Å². The van der Waals surface area contributed by atoms with E-state index >= 15 is 0 Å². The van der Waals surface area contributed by atoms with Crippen LogP contribution in [0.1, 0.15) is 59.3 Å². The Morgan fingerprint density at radius 1 is 1.17 bits per heavy atom. The summed E-state index contributed by atoms with van der Waals surface area (Å²) >= 11 is 0. The lowest BCUT2D eigenvalue weighted by Gasteiger charge is -2.48. The summed E-state index contributed by atoms with van der Waals surface area (Å²) < 4.78 is 29.6.